The Morgan fingerprint density at radius 3 is 2.41 bits per heavy atom. The fourth-order valence-corrected chi connectivity index (χ4v) is 8.21. The molecule has 0 spiro atoms. The smallest absolute Gasteiger partial charge is 0.298 e. The summed E-state index contributed by atoms with van der Waals surface area (Å²) in [4.78, 5) is 27.6. The highest BCUT2D eigenvalue weighted by molar-refractivity contribution is 8.19. The number of thioether (sulfide) groups is 1. The molecule has 2 aromatic carbocycles. The van der Waals surface area contributed by atoms with Gasteiger partial charge >= 0.3 is 0 Å². The lowest BCUT2D eigenvalue weighted by molar-refractivity contribution is -0.113. The third-order valence-electron chi connectivity index (χ3n) is 8.11. The van der Waals surface area contributed by atoms with E-state index in [0.717, 1.165) is 40.8 Å². The van der Waals surface area contributed by atoms with Crippen molar-refractivity contribution >= 4 is 46.3 Å². The molecule has 0 atom stereocenters. The lowest BCUT2D eigenvalue weighted by Crippen LogP contribution is -2.48. The van der Waals surface area contributed by atoms with E-state index in [2.05, 4.69) is 18.2 Å². The molecule has 0 unspecified atom stereocenters. The molecule has 5 aliphatic rings. The van der Waals surface area contributed by atoms with Crippen LogP contribution in [-0.2, 0) is 10.2 Å². The Morgan fingerprint density at radius 2 is 1.76 bits per heavy atom. The fraction of sp³-hybridized carbons (Fsp3) is 0.429. The Morgan fingerprint density at radius 1 is 1.06 bits per heavy atom. The normalized spacial score (nSPS) is 31.1. The lowest BCUT2D eigenvalue weighted by atomic mass is 9.48. The molecule has 4 bridgehead atoms. The molecule has 2 aromatic rings. The first-order chi connectivity index (χ1) is 16.4. The van der Waals surface area contributed by atoms with Gasteiger partial charge in [0.25, 0.3) is 11.1 Å². The van der Waals surface area contributed by atoms with Crippen molar-refractivity contribution in [2.45, 2.75) is 50.9 Å². The zero-order valence-electron chi connectivity index (χ0n) is 19.3. The van der Waals surface area contributed by atoms with Crippen LogP contribution in [0, 0.1) is 17.8 Å². The van der Waals surface area contributed by atoms with Crippen molar-refractivity contribution < 1.29 is 14.3 Å². The number of benzene rings is 2. The van der Waals surface area contributed by atoms with E-state index in [4.69, 9.17) is 16.3 Å². The van der Waals surface area contributed by atoms with Gasteiger partial charge in [-0.2, -0.15) is 0 Å². The van der Waals surface area contributed by atoms with Crippen LogP contribution < -0.4 is 9.64 Å². The first-order valence-electron chi connectivity index (χ1n) is 12.2. The monoisotopic (exact) mass is 493 g/mol. The molecule has 7 rings (SSSR count). The van der Waals surface area contributed by atoms with Crippen molar-refractivity contribution in [3.8, 4) is 5.75 Å². The number of nitrogens with zero attached hydrogens (tertiary/aromatic N) is 1. The van der Waals surface area contributed by atoms with Crippen LogP contribution in [0.2, 0.25) is 5.02 Å². The van der Waals surface area contributed by atoms with Gasteiger partial charge in [-0.05, 0) is 122 Å². The van der Waals surface area contributed by atoms with Crippen LogP contribution in [0.1, 0.15) is 56.6 Å². The molecule has 6 heteroatoms. The zero-order valence-corrected chi connectivity index (χ0v) is 20.8. The van der Waals surface area contributed by atoms with E-state index in [0.29, 0.717) is 22.2 Å². The highest BCUT2D eigenvalue weighted by Crippen LogP contribution is 2.61. The molecular formula is C28H28ClNO3S. The molecule has 0 N–H and O–H groups in total. The molecule has 4 saturated carbocycles. The summed E-state index contributed by atoms with van der Waals surface area (Å²) in [5.41, 5.74) is 3.00. The van der Waals surface area contributed by atoms with E-state index in [1.807, 2.05) is 13.0 Å². The number of carbonyl (C=O) groups is 2. The van der Waals surface area contributed by atoms with Gasteiger partial charge in [0.05, 0.1) is 17.2 Å². The van der Waals surface area contributed by atoms with Crippen LogP contribution in [-0.4, -0.2) is 17.8 Å². The highest BCUT2D eigenvalue weighted by atomic mass is 35.5. The minimum atomic E-state index is -0.320. The van der Waals surface area contributed by atoms with Gasteiger partial charge in [-0.15, -0.1) is 0 Å². The average Bonchev–Trinajstić information content (AvgIpc) is 3.07. The third-order valence-corrected chi connectivity index (χ3v) is 9.21. The van der Waals surface area contributed by atoms with Gasteiger partial charge in [0.2, 0.25) is 0 Å². The predicted octanol–water partition coefficient (Wildman–Crippen LogP) is 7.45. The molecule has 34 heavy (non-hydrogen) atoms. The number of anilines is 1. The van der Waals surface area contributed by atoms with Crippen molar-refractivity contribution in [3.63, 3.8) is 0 Å². The molecule has 4 aliphatic carbocycles. The van der Waals surface area contributed by atoms with Gasteiger partial charge in [0.15, 0.2) is 0 Å². The number of carbonyl (C=O) groups excluding carboxylic acids is 2. The van der Waals surface area contributed by atoms with Crippen LogP contribution in [0.25, 0.3) is 6.08 Å². The van der Waals surface area contributed by atoms with Crippen LogP contribution in [0.4, 0.5) is 10.5 Å². The van der Waals surface area contributed by atoms with Crippen molar-refractivity contribution in [1.82, 2.24) is 0 Å². The van der Waals surface area contributed by atoms with Crippen LogP contribution in [0.3, 0.4) is 0 Å². The summed E-state index contributed by atoms with van der Waals surface area (Å²) in [6.07, 6.45) is 9.87. The molecule has 1 aliphatic heterocycles. The first-order valence-corrected chi connectivity index (χ1v) is 13.4. The summed E-state index contributed by atoms with van der Waals surface area (Å²) >= 11 is 7.07. The van der Waals surface area contributed by atoms with Crippen LogP contribution >= 0.6 is 23.4 Å². The number of halogens is 1. The molecule has 5 fully saturated rings. The summed E-state index contributed by atoms with van der Waals surface area (Å²) in [5.74, 6) is 3.01. The van der Waals surface area contributed by atoms with E-state index >= 15 is 0 Å². The van der Waals surface area contributed by atoms with Crippen LogP contribution in [0.5, 0.6) is 5.75 Å². The maximum Gasteiger partial charge on any atom is 0.298 e. The number of rotatable bonds is 5. The van der Waals surface area contributed by atoms with Crippen molar-refractivity contribution in [3.05, 3.63) is 63.5 Å². The molecule has 176 valence electrons. The molecule has 4 nitrogen and oxygen atoms in total. The van der Waals surface area contributed by atoms with Crippen molar-refractivity contribution in [1.29, 1.82) is 0 Å². The fourth-order valence-electron chi connectivity index (χ4n) is 7.19. The Kier molecular flexibility index (Phi) is 5.53. The molecular weight excluding hydrogens is 466 g/mol. The number of hydrogen-bond donors (Lipinski definition) is 0. The van der Waals surface area contributed by atoms with Crippen molar-refractivity contribution in [2.75, 3.05) is 11.5 Å². The minimum absolute atomic E-state index is 0.252. The number of hydrogen-bond acceptors (Lipinski definition) is 4. The van der Waals surface area contributed by atoms with Gasteiger partial charge in [0.1, 0.15) is 5.75 Å². The SMILES string of the molecule is CCOc1ccc(C23CC4CC(CC(C4)C2)C3)cc1/C=C1\SC(=O)N(c2cccc(Cl)c2)C1=O. The van der Waals surface area contributed by atoms with E-state index < -0.39 is 0 Å². The van der Waals surface area contributed by atoms with Crippen LogP contribution in [0.15, 0.2) is 47.4 Å². The summed E-state index contributed by atoms with van der Waals surface area (Å²) in [6.45, 7) is 2.51. The maximum atomic E-state index is 13.2. The Labute approximate surface area is 209 Å². The third kappa shape index (κ3) is 3.77. The highest BCUT2D eigenvalue weighted by Gasteiger charge is 2.51. The van der Waals surface area contributed by atoms with Gasteiger partial charge in [-0.25, -0.2) is 4.90 Å². The molecule has 1 saturated heterocycles. The molecule has 0 aromatic heterocycles. The first kappa shape index (κ1) is 22.2. The second-order valence-corrected chi connectivity index (χ2v) is 11.8. The second kappa shape index (κ2) is 8.46. The summed E-state index contributed by atoms with van der Waals surface area (Å²) in [6, 6.07) is 13.4. The lowest BCUT2D eigenvalue weighted by Gasteiger charge is -2.57. The predicted molar refractivity (Wildman–Crippen MR) is 137 cm³/mol. The minimum Gasteiger partial charge on any atom is -0.493 e. The Bertz CT molecular complexity index is 1170. The van der Waals surface area contributed by atoms with E-state index in [-0.39, 0.29) is 16.6 Å². The quantitative estimate of drug-likeness (QED) is 0.406. The standard InChI is InChI=1S/C28H28ClNO3S/c1-2-33-24-7-6-21(28-14-17-8-18(15-28)10-19(9-17)16-28)11-20(24)12-25-26(31)30(27(32)34-25)23-5-3-4-22(29)13-23/h3-7,11-13,17-19H,2,8-10,14-16H2,1H3/b25-12-. The number of amides is 2. The largest absolute Gasteiger partial charge is 0.493 e. The Hall–Kier alpha value is -2.24. The topological polar surface area (TPSA) is 46.6 Å². The maximum absolute atomic E-state index is 13.2. The number of ether oxygens (including phenoxy) is 1. The summed E-state index contributed by atoms with van der Waals surface area (Å²) in [5, 5.41) is 0.177. The number of imide groups is 1. The van der Waals surface area contributed by atoms with Gasteiger partial charge in [0, 0.05) is 10.6 Å². The van der Waals surface area contributed by atoms with Crippen molar-refractivity contribution in [2.24, 2.45) is 17.8 Å². The van der Waals surface area contributed by atoms with E-state index in [9.17, 15) is 9.59 Å². The average molecular weight is 494 g/mol. The summed E-state index contributed by atoms with van der Waals surface area (Å²) < 4.78 is 5.93. The second-order valence-electron chi connectivity index (χ2n) is 10.4. The molecule has 1 heterocycles. The molecule has 0 radical (unpaired) electrons. The van der Waals surface area contributed by atoms with Gasteiger partial charge < -0.3 is 4.74 Å². The van der Waals surface area contributed by atoms with Gasteiger partial charge in [-0.1, -0.05) is 23.7 Å². The summed E-state index contributed by atoms with van der Waals surface area (Å²) in [7, 11) is 0. The Balaban J connectivity index is 1.36. The van der Waals surface area contributed by atoms with E-state index in [1.165, 1.54) is 49.0 Å². The van der Waals surface area contributed by atoms with Gasteiger partial charge in [-0.3, -0.25) is 9.59 Å². The van der Waals surface area contributed by atoms with E-state index in [1.54, 1.807) is 24.3 Å². The molecule has 2 amide bonds. The zero-order chi connectivity index (χ0) is 23.4.